The van der Waals surface area contributed by atoms with Crippen molar-refractivity contribution in [1.82, 2.24) is 0 Å². The van der Waals surface area contributed by atoms with Crippen molar-refractivity contribution in [3.63, 3.8) is 0 Å². The summed E-state index contributed by atoms with van der Waals surface area (Å²) in [5, 5.41) is 5.05. The fourth-order valence-electron chi connectivity index (χ4n) is 1.77. The molecule has 0 aliphatic heterocycles. The minimum Gasteiger partial charge on any atom is -0.385 e. The molecule has 0 radical (unpaired) electrons. The van der Waals surface area contributed by atoms with Crippen molar-refractivity contribution in [3.8, 4) is 0 Å². The van der Waals surface area contributed by atoms with E-state index in [9.17, 15) is 13.6 Å². The molecule has 0 aliphatic rings. The monoisotopic (exact) mass is 340 g/mol. The van der Waals surface area contributed by atoms with Crippen molar-refractivity contribution in [3.05, 3.63) is 58.1 Å². The Kier molecular flexibility index (Phi) is 4.34. The molecule has 0 saturated carbocycles. The Morgan fingerprint density at radius 2 is 1.65 bits per heavy atom. The Bertz CT molecular complexity index is 641. The van der Waals surface area contributed by atoms with Gasteiger partial charge in [-0.1, -0.05) is 12.1 Å². The highest BCUT2D eigenvalue weighted by atomic mass is 79.9. The molecule has 0 fully saturated rings. The second-order valence-corrected chi connectivity index (χ2v) is 4.82. The lowest BCUT2D eigenvalue weighted by molar-refractivity contribution is 0.102. The van der Waals surface area contributed by atoms with Gasteiger partial charge in [-0.2, -0.15) is 0 Å². The van der Waals surface area contributed by atoms with Crippen LogP contribution in [0.5, 0.6) is 0 Å². The second-order valence-electron chi connectivity index (χ2n) is 3.96. The van der Waals surface area contributed by atoms with Gasteiger partial charge in [-0.15, -0.1) is 0 Å². The quantitative estimate of drug-likeness (QED) is 0.885. The molecule has 0 aliphatic carbocycles. The summed E-state index contributed by atoms with van der Waals surface area (Å²) in [6.45, 7) is 0. The number of halogens is 3. The summed E-state index contributed by atoms with van der Waals surface area (Å²) in [5.74, 6) is -1.72. The van der Waals surface area contributed by atoms with Crippen molar-refractivity contribution in [2.24, 2.45) is 0 Å². The zero-order chi connectivity index (χ0) is 14.7. The maximum atomic E-state index is 13.7. The van der Waals surface area contributed by atoms with Crippen LogP contribution in [0.2, 0.25) is 0 Å². The minimum absolute atomic E-state index is 0.0174. The Morgan fingerprint density at radius 3 is 2.25 bits per heavy atom. The molecule has 0 unspecified atom stereocenters. The molecule has 2 aromatic carbocycles. The molecule has 2 aromatic rings. The molecule has 0 aromatic heterocycles. The molecule has 0 saturated heterocycles. The highest BCUT2D eigenvalue weighted by Gasteiger charge is 2.16. The van der Waals surface area contributed by atoms with Crippen LogP contribution in [0.1, 0.15) is 10.4 Å². The first-order valence-electron chi connectivity index (χ1n) is 5.76. The molecule has 2 rings (SSSR count). The predicted octanol–water partition coefficient (Wildman–Crippen LogP) is 4.02. The second kappa shape index (κ2) is 6.00. The van der Waals surface area contributed by atoms with E-state index in [4.69, 9.17) is 0 Å². The SMILES string of the molecule is CNc1c(F)cccc1C(=O)Nc1c(F)cccc1Br. The van der Waals surface area contributed by atoms with Crippen molar-refractivity contribution in [2.45, 2.75) is 0 Å². The highest BCUT2D eigenvalue weighted by Crippen LogP contribution is 2.27. The summed E-state index contributed by atoms with van der Waals surface area (Å²) < 4.78 is 27.6. The summed E-state index contributed by atoms with van der Waals surface area (Å²) in [7, 11) is 1.51. The number of carbonyl (C=O) groups is 1. The molecule has 2 N–H and O–H groups in total. The van der Waals surface area contributed by atoms with Gasteiger partial charge in [-0.05, 0) is 40.2 Å². The summed E-state index contributed by atoms with van der Waals surface area (Å²) in [6.07, 6.45) is 0. The predicted molar refractivity (Wildman–Crippen MR) is 78.0 cm³/mol. The van der Waals surface area contributed by atoms with Crippen LogP contribution in [0.3, 0.4) is 0 Å². The van der Waals surface area contributed by atoms with Crippen LogP contribution in [0.25, 0.3) is 0 Å². The van der Waals surface area contributed by atoms with Crippen LogP contribution in [0, 0.1) is 11.6 Å². The van der Waals surface area contributed by atoms with Gasteiger partial charge in [0.1, 0.15) is 11.6 Å². The van der Waals surface area contributed by atoms with Gasteiger partial charge in [0.2, 0.25) is 0 Å². The number of para-hydroxylation sites is 2. The number of benzene rings is 2. The zero-order valence-electron chi connectivity index (χ0n) is 10.5. The molecule has 0 atom stereocenters. The number of amides is 1. The van der Waals surface area contributed by atoms with Crippen LogP contribution in [-0.4, -0.2) is 13.0 Å². The molecule has 20 heavy (non-hydrogen) atoms. The molecule has 1 amide bonds. The van der Waals surface area contributed by atoms with Gasteiger partial charge in [0.25, 0.3) is 5.91 Å². The fourth-order valence-corrected chi connectivity index (χ4v) is 2.21. The van der Waals surface area contributed by atoms with Crippen molar-refractivity contribution >= 4 is 33.2 Å². The van der Waals surface area contributed by atoms with Gasteiger partial charge in [0, 0.05) is 11.5 Å². The van der Waals surface area contributed by atoms with Crippen LogP contribution in [-0.2, 0) is 0 Å². The van der Waals surface area contributed by atoms with Gasteiger partial charge in [-0.3, -0.25) is 4.79 Å². The van der Waals surface area contributed by atoms with E-state index >= 15 is 0 Å². The van der Waals surface area contributed by atoms with Crippen LogP contribution in [0.15, 0.2) is 40.9 Å². The topological polar surface area (TPSA) is 41.1 Å². The molecule has 6 heteroatoms. The zero-order valence-corrected chi connectivity index (χ0v) is 12.1. The Hall–Kier alpha value is -1.95. The summed E-state index contributed by atoms with van der Waals surface area (Å²) in [4.78, 5) is 12.1. The number of anilines is 2. The first kappa shape index (κ1) is 14.5. The van der Waals surface area contributed by atoms with E-state index in [1.165, 1.54) is 37.4 Å². The third-order valence-corrected chi connectivity index (χ3v) is 3.37. The number of rotatable bonds is 3. The number of hydrogen-bond donors (Lipinski definition) is 2. The van der Waals surface area contributed by atoms with Crippen molar-refractivity contribution in [1.29, 1.82) is 0 Å². The highest BCUT2D eigenvalue weighted by molar-refractivity contribution is 9.10. The molecular weight excluding hydrogens is 330 g/mol. The Balaban J connectivity index is 2.36. The van der Waals surface area contributed by atoms with Crippen LogP contribution >= 0.6 is 15.9 Å². The van der Waals surface area contributed by atoms with E-state index in [1.54, 1.807) is 6.07 Å². The molecule has 0 bridgehead atoms. The standard InChI is InChI=1S/C14H11BrF2N2O/c1-18-12-8(4-2-6-10(12)16)14(20)19-13-9(15)5-3-7-11(13)17/h2-7,18H,1H3,(H,19,20). The van der Waals surface area contributed by atoms with E-state index in [1.807, 2.05) is 0 Å². The lowest BCUT2D eigenvalue weighted by atomic mass is 10.1. The maximum Gasteiger partial charge on any atom is 0.257 e. The normalized spacial score (nSPS) is 10.2. The van der Waals surface area contributed by atoms with Gasteiger partial charge < -0.3 is 10.6 Å². The van der Waals surface area contributed by atoms with E-state index in [0.29, 0.717) is 4.47 Å². The Morgan fingerprint density at radius 1 is 1.05 bits per heavy atom. The number of hydrogen-bond acceptors (Lipinski definition) is 2. The largest absolute Gasteiger partial charge is 0.385 e. The molecular formula is C14H11BrF2N2O. The molecule has 0 spiro atoms. The summed E-state index contributed by atoms with van der Waals surface area (Å²) in [5.41, 5.74) is 0.184. The summed E-state index contributed by atoms with van der Waals surface area (Å²) in [6, 6.07) is 8.45. The summed E-state index contributed by atoms with van der Waals surface area (Å²) >= 11 is 3.15. The minimum atomic E-state index is -0.598. The first-order chi connectivity index (χ1) is 9.54. The third-order valence-electron chi connectivity index (χ3n) is 2.71. The molecule has 0 heterocycles. The number of nitrogens with one attached hydrogen (secondary N) is 2. The maximum absolute atomic E-state index is 13.7. The van der Waals surface area contributed by atoms with E-state index < -0.39 is 17.5 Å². The lowest BCUT2D eigenvalue weighted by Crippen LogP contribution is -2.16. The van der Waals surface area contributed by atoms with Gasteiger partial charge in [0.15, 0.2) is 0 Å². The van der Waals surface area contributed by atoms with Gasteiger partial charge >= 0.3 is 0 Å². The molecule has 104 valence electrons. The van der Waals surface area contributed by atoms with E-state index in [0.717, 1.165) is 0 Å². The Labute approximate surface area is 123 Å². The van der Waals surface area contributed by atoms with Gasteiger partial charge in [0.05, 0.1) is 16.9 Å². The fraction of sp³-hybridized carbons (Fsp3) is 0.0714. The van der Waals surface area contributed by atoms with E-state index in [-0.39, 0.29) is 16.9 Å². The van der Waals surface area contributed by atoms with Crippen molar-refractivity contribution < 1.29 is 13.6 Å². The van der Waals surface area contributed by atoms with Crippen molar-refractivity contribution in [2.75, 3.05) is 17.7 Å². The third kappa shape index (κ3) is 2.80. The molecule has 3 nitrogen and oxygen atoms in total. The van der Waals surface area contributed by atoms with E-state index in [2.05, 4.69) is 26.6 Å². The number of carbonyl (C=O) groups excluding carboxylic acids is 1. The average Bonchev–Trinajstić information content (AvgIpc) is 2.42. The van der Waals surface area contributed by atoms with Crippen LogP contribution in [0.4, 0.5) is 20.2 Å². The lowest BCUT2D eigenvalue weighted by Gasteiger charge is -2.12. The smallest absolute Gasteiger partial charge is 0.257 e. The first-order valence-corrected chi connectivity index (χ1v) is 6.55. The average molecular weight is 341 g/mol. The van der Waals surface area contributed by atoms with Gasteiger partial charge in [-0.25, -0.2) is 8.78 Å². The van der Waals surface area contributed by atoms with Crippen LogP contribution < -0.4 is 10.6 Å².